The molecule has 0 bridgehead atoms. The quantitative estimate of drug-likeness (QED) is 0.879. The van der Waals surface area contributed by atoms with E-state index in [1.807, 2.05) is 37.9 Å². The number of benzene rings is 1. The molecule has 0 radical (unpaired) electrons. The highest BCUT2D eigenvalue weighted by Gasteiger charge is 2.40. The molecule has 5 heteroatoms. The van der Waals surface area contributed by atoms with Crippen LogP contribution in [0.25, 0.3) is 0 Å². The first-order valence-corrected chi connectivity index (χ1v) is 7.71. The standard InChI is InChI=1S/C13H20N2O2S/c1-9-4-5-11-13(8-9)18(16,17)12(6-7-14)10(2)15(11)3/h4-5,8,10,12H,6-7,14H2,1-3H3. The fourth-order valence-electron chi connectivity index (χ4n) is 2.59. The van der Waals surface area contributed by atoms with Crippen molar-refractivity contribution >= 4 is 15.5 Å². The van der Waals surface area contributed by atoms with Crippen LogP contribution in [0.1, 0.15) is 18.9 Å². The van der Waals surface area contributed by atoms with Crippen LogP contribution in [0.4, 0.5) is 5.69 Å². The summed E-state index contributed by atoms with van der Waals surface area (Å²) in [6.07, 6.45) is 0.501. The fourth-order valence-corrected chi connectivity index (χ4v) is 4.92. The van der Waals surface area contributed by atoms with Gasteiger partial charge in [-0.05, 0) is 44.5 Å². The summed E-state index contributed by atoms with van der Waals surface area (Å²) in [4.78, 5) is 2.48. The van der Waals surface area contributed by atoms with Crippen LogP contribution < -0.4 is 10.6 Å². The Morgan fingerprint density at radius 3 is 2.67 bits per heavy atom. The fraction of sp³-hybridized carbons (Fsp3) is 0.538. The number of hydrogen-bond acceptors (Lipinski definition) is 4. The largest absolute Gasteiger partial charge is 0.370 e. The van der Waals surface area contributed by atoms with Gasteiger partial charge >= 0.3 is 0 Å². The molecule has 0 saturated heterocycles. The number of nitrogens with two attached hydrogens (primary N) is 1. The average molecular weight is 268 g/mol. The molecule has 2 rings (SSSR count). The van der Waals surface area contributed by atoms with Gasteiger partial charge in [0.1, 0.15) is 0 Å². The summed E-state index contributed by atoms with van der Waals surface area (Å²) in [5.74, 6) is 0. The third-order valence-corrected chi connectivity index (χ3v) is 6.17. The van der Waals surface area contributed by atoms with E-state index in [-0.39, 0.29) is 6.04 Å². The first-order chi connectivity index (χ1) is 8.39. The van der Waals surface area contributed by atoms with E-state index in [0.717, 1.165) is 11.3 Å². The van der Waals surface area contributed by atoms with Gasteiger partial charge in [0.15, 0.2) is 9.84 Å². The Morgan fingerprint density at radius 2 is 2.06 bits per heavy atom. The third kappa shape index (κ3) is 1.91. The molecule has 0 saturated carbocycles. The Morgan fingerprint density at radius 1 is 1.39 bits per heavy atom. The van der Waals surface area contributed by atoms with Crippen LogP contribution in [0.5, 0.6) is 0 Å². The minimum absolute atomic E-state index is 0.0474. The molecule has 1 aliphatic heterocycles. The van der Waals surface area contributed by atoms with Gasteiger partial charge in [-0.25, -0.2) is 8.42 Å². The minimum Gasteiger partial charge on any atom is -0.370 e. The van der Waals surface area contributed by atoms with Crippen molar-refractivity contribution in [2.45, 2.75) is 36.5 Å². The van der Waals surface area contributed by atoms with Gasteiger partial charge in [-0.3, -0.25) is 0 Å². The van der Waals surface area contributed by atoms with Crippen LogP contribution in [0.2, 0.25) is 0 Å². The molecule has 1 heterocycles. The van der Waals surface area contributed by atoms with E-state index in [4.69, 9.17) is 5.73 Å². The minimum atomic E-state index is -3.27. The van der Waals surface area contributed by atoms with Crippen molar-refractivity contribution in [2.75, 3.05) is 18.5 Å². The number of aryl methyl sites for hydroxylation is 1. The zero-order valence-electron chi connectivity index (χ0n) is 11.1. The van der Waals surface area contributed by atoms with Crippen LogP contribution in [0, 0.1) is 6.92 Å². The monoisotopic (exact) mass is 268 g/mol. The molecule has 100 valence electrons. The molecule has 0 aromatic heterocycles. The lowest BCUT2D eigenvalue weighted by Crippen LogP contribution is -2.48. The van der Waals surface area contributed by atoms with Gasteiger partial charge < -0.3 is 10.6 Å². The molecule has 18 heavy (non-hydrogen) atoms. The second-order valence-corrected chi connectivity index (χ2v) is 7.12. The van der Waals surface area contributed by atoms with Crippen LogP contribution in [-0.4, -0.2) is 33.3 Å². The van der Waals surface area contributed by atoms with Gasteiger partial charge in [-0.2, -0.15) is 0 Å². The normalized spacial score (nSPS) is 25.9. The van der Waals surface area contributed by atoms with Crippen molar-refractivity contribution in [1.82, 2.24) is 0 Å². The lowest BCUT2D eigenvalue weighted by Gasteiger charge is -2.39. The van der Waals surface area contributed by atoms with Crippen LogP contribution in [0.15, 0.2) is 23.1 Å². The molecular weight excluding hydrogens is 248 g/mol. The van der Waals surface area contributed by atoms with Gasteiger partial charge in [0.05, 0.1) is 15.8 Å². The Kier molecular flexibility index (Phi) is 3.38. The molecule has 1 aromatic rings. The summed E-state index contributed by atoms with van der Waals surface area (Å²) in [6, 6.07) is 5.54. The van der Waals surface area contributed by atoms with Crippen molar-refractivity contribution in [3.05, 3.63) is 23.8 Å². The second kappa shape index (κ2) is 4.55. The molecular formula is C13H20N2O2S. The molecule has 0 aliphatic carbocycles. The third-order valence-electron chi connectivity index (χ3n) is 3.80. The van der Waals surface area contributed by atoms with Gasteiger partial charge in [-0.15, -0.1) is 0 Å². The first-order valence-electron chi connectivity index (χ1n) is 6.17. The van der Waals surface area contributed by atoms with Crippen molar-refractivity contribution in [2.24, 2.45) is 5.73 Å². The number of anilines is 1. The summed E-state index contributed by atoms with van der Waals surface area (Å²) in [5.41, 5.74) is 7.31. The lowest BCUT2D eigenvalue weighted by atomic mass is 10.1. The van der Waals surface area contributed by atoms with Gasteiger partial charge in [0.2, 0.25) is 0 Å². The summed E-state index contributed by atoms with van der Waals surface area (Å²) >= 11 is 0. The van der Waals surface area contributed by atoms with E-state index < -0.39 is 15.1 Å². The van der Waals surface area contributed by atoms with Gasteiger partial charge in [0.25, 0.3) is 0 Å². The summed E-state index contributed by atoms with van der Waals surface area (Å²) < 4.78 is 25.2. The van der Waals surface area contributed by atoms with E-state index in [0.29, 0.717) is 17.9 Å². The molecule has 0 amide bonds. The highest BCUT2D eigenvalue weighted by molar-refractivity contribution is 7.92. The van der Waals surface area contributed by atoms with Crippen molar-refractivity contribution in [1.29, 1.82) is 0 Å². The highest BCUT2D eigenvalue weighted by Crippen LogP contribution is 2.37. The number of sulfone groups is 1. The SMILES string of the molecule is Cc1ccc2c(c1)S(=O)(=O)C(CCN)C(C)N2C. The maximum Gasteiger partial charge on any atom is 0.185 e. The van der Waals surface area contributed by atoms with Gasteiger partial charge in [0, 0.05) is 13.1 Å². The predicted octanol–water partition coefficient (Wildman–Crippen LogP) is 1.32. The molecule has 1 aliphatic rings. The Bertz CT molecular complexity index is 554. The van der Waals surface area contributed by atoms with Crippen LogP contribution >= 0.6 is 0 Å². The Balaban J connectivity index is 2.63. The highest BCUT2D eigenvalue weighted by atomic mass is 32.2. The topological polar surface area (TPSA) is 63.4 Å². The molecule has 2 atom stereocenters. The Hall–Kier alpha value is -1.07. The molecule has 4 nitrogen and oxygen atoms in total. The van der Waals surface area contributed by atoms with E-state index >= 15 is 0 Å². The molecule has 0 fully saturated rings. The maximum absolute atomic E-state index is 12.6. The predicted molar refractivity (Wildman–Crippen MR) is 73.7 cm³/mol. The zero-order valence-corrected chi connectivity index (χ0v) is 11.9. The number of fused-ring (bicyclic) bond motifs is 1. The van der Waals surface area contributed by atoms with Crippen LogP contribution in [0.3, 0.4) is 0 Å². The number of hydrogen-bond donors (Lipinski definition) is 1. The van der Waals surface area contributed by atoms with E-state index in [2.05, 4.69) is 0 Å². The van der Waals surface area contributed by atoms with Crippen molar-refractivity contribution < 1.29 is 8.42 Å². The second-order valence-electron chi connectivity index (χ2n) is 4.98. The summed E-state index contributed by atoms with van der Waals surface area (Å²) in [5, 5.41) is -0.415. The van der Waals surface area contributed by atoms with E-state index in [1.54, 1.807) is 6.07 Å². The zero-order chi connectivity index (χ0) is 13.5. The Labute approximate surface area is 109 Å². The number of nitrogens with zero attached hydrogens (tertiary/aromatic N) is 1. The smallest absolute Gasteiger partial charge is 0.185 e. The van der Waals surface area contributed by atoms with Crippen molar-refractivity contribution in [3.8, 4) is 0 Å². The molecule has 0 spiro atoms. The molecule has 2 unspecified atom stereocenters. The summed E-state index contributed by atoms with van der Waals surface area (Å²) in [6.45, 7) is 4.25. The number of rotatable bonds is 2. The van der Waals surface area contributed by atoms with Crippen molar-refractivity contribution in [3.63, 3.8) is 0 Å². The van der Waals surface area contributed by atoms with Gasteiger partial charge in [-0.1, -0.05) is 6.07 Å². The lowest BCUT2D eigenvalue weighted by molar-refractivity contribution is 0.524. The first kappa shape index (κ1) is 13.4. The van der Waals surface area contributed by atoms with E-state index in [1.165, 1.54) is 0 Å². The summed E-state index contributed by atoms with van der Waals surface area (Å²) in [7, 11) is -1.33. The van der Waals surface area contributed by atoms with Crippen LogP contribution in [-0.2, 0) is 9.84 Å². The molecule has 1 aromatic carbocycles. The molecule has 2 N–H and O–H groups in total. The average Bonchev–Trinajstić information content (AvgIpc) is 2.32. The maximum atomic E-state index is 12.6. The van der Waals surface area contributed by atoms with E-state index in [9.17, 15) is 8.42 Å².